The minimum atomic E-state index is 0.838. The molecule has 1 saturated carbocycles. The van der Waals surface area contributed by atoms with Crippen LogP contribution in [0.2, 0.25) is 0 Å². The maximum Gasteiger partial charge on any atom is -0.0133 e. The van der Waals surface area contributed by atoms with Crippen LogP contribution in [-0.2, 0) is 0 Å². The number of hydrogen-bond acceptors (Lipinski definition) is 0. The Kier molecular flexibility index (Phi) is 8.65. The molecule has 166 valence electrons. The Hall–Kier alpha value is -2.52. The molecule has 6 unspecified atom stereocenters. The molecule has 0 aliphatic heterocycles. The van der Waals surface area contributed by atoms with E-state index in [0.29, 0.717) is 0 Å². The van der Waals surface area contributed by atoms with E-state index in [2.05, 4.69) is 128 Å². The summed E-state index contributed by atoms with van der Waals surface area (Å²) in [6.07, 6.45) is 6.16. The topological polar surface area (TPSA) is 0 Å². The first-order valence-electron chi connectivity index (χ1n) is 11.6. The van der Waals surface area contributed by atoms with Gasteiger partial charge in [0.2, 0.25) is 0 Å². The van der Waals surface area contributed by atoms with Gasteiger partial charge in [0.25, 0.3) is 0 Å². The van der Waals surface area contributed by atoms with E-state index in [1.165, 1.54) is 28.7 Å². The van der Waals surface area contributed by atoms with Crippen molar-refractivity contribution in [2.24, 2.45) is 11.8 Å². The molecular formula is C31H32P2. The minimum absolute atomic E-state index is 0.838. The lowest BCUT2D eigenvalue weighted by Crippen LogP contribution is -2.17. The standard InChI is InChI=1S/2C12H10.C7H12P2/c2*1-3-7-11(8-4-1)12-9-5-2-6-10-12;8-6-4-1-2-5(3-4)7(6)9/h2*1-10H;1-2,4-7H,3,8-9H2. The van der Waals surface area contributed by atoms with Crippen LogP contribution in [0.5, 0.6) is 0 Å². The summed E-state index contributed by atoms with van der Waals surface area (Å²) in [4.78, 5) is 0. The van der Waals surface area contributed by atoms with Crippen LogP contribution in [0.25, 0.3) is 22.3 Å². The predicted molar refractivity (Wildman–Crippen MR) is 151 cm³/mol. The quantitative estimate of drug-likeness (QED) is 0.206. The third-order valence-electron chi connectivity index (χ3n) is 6.34. The first kappa shape index (κ1) is 23.6. The second-order valence-electron chi connectivity index (χ2n) is 8.57. The summed E-state index contributed by atoms with van der Waals surface area (Å²) in [6.45, 7) is 0. The highest BCUT2D eigenvalue weighted by molar-refractivity contribution is 7.23. The molecule has 0 amide bonds. The Morgan fingerprint density at radius 3 is 0.818 bits per heavy atom. The third kappa shape index (κ3) is 6.51. The second-order valence-corrected chi connectivity index (χ2v) is 10.1. The largest absolute Gasteiger partial charge is 0.133 e. The van der Waals surface area contributed by atoms with Gasteiger partial charge in [-0.05, 0) is 51.8 Å². The van der Waals surface area contributed by atoms with E-state index in [-0.39, 0.29) is 0 Å². The maximum absolute atomic E-state index is 2.95. The van der Waals surface area contributed by atoms with E-state index in [4.69, 9.17) is 0 Å². The van der Waals surface area contributed by atoms with Crippen LogP contribution >= 0.6 is 18.5 Å². The Morgan fingerprint density at radius 2 is 0.636 bits per heavy atom. The fraction of sp³-hybridized carbons (Fsp3) is 0.161. The van der Waals surface area contributed by atoms with Crippen molar-refractivity contribution in [3.63, 3.8) is 0 Å². The molecule has 0 saturated heterocycles. The predicted octanol–water partition coefficient (Wildman–Crippen LogP) is 8.39. The Morgan fingerprint density at radius 1 is 0.394 bits per heavy atom. The fourth-order valence-electron chi connectivity index (χ4n) is 4.42. The lowest BCUT2D eigenvalue weighted by atomic mass is 10.1. The van der Waals surface area contributed by atoms with Crippen LogP contribution in [0, 0.1) is 11.8 Å². The van der Waals surface area contributed by atoms with Crippen LogP contribution in [0.15, 0.2) is 133 Å². The lowest BCUT2D eigenvalue weighted by Gasteiger charge is -2.19. The SMILES string of the molecule is PC1C2C=CC(C2)C1P.c1ccc(-c2ccccc2)cc1.c1ccc(-c2ccccc2)cc1. The van der Waals surface area contributed by atoms with E-state index in [9.17, 15) is 0 Å². The summed E-state index contributed by atoms with van der Waals surface area (Å²) < 4.78 is 0. The van der Waals surface area contributed by atoms with Gasteiger partial charge >= 0.3 is 0 Å². The highest BCUT2D eigenvalue weighted by Gasteiger charge is 2.39. The highest BCUT2D eigenvalue weighted by atomic mass is 31.0. The molecule has 2 aliphatic rings. The van der Waals surface area contributed by atoms with Gasteiger partial charge in [-0.2, -0.15) is 0 Å². The van der Waals surface area contributed by atoms with Gasteiger partial charge in [0.1, 0.15) is 0 Å². The number of fused-ring (bicyclic) bond motifs is 2. The van der Waals surface area contributed by atoms with Crippen molar-refractivity contribution >= 4 is 18.5 Å². The molecule has 0 spiro atoms. The molecule has 0 nitrogen and oxygen atoms in total. The van der Waals surface area contributed by atoms with Gasteiger partial charge < -0.3 is 0 Å². The summed E-state index contributed by atoms with van der Waals surface area (Å²) in [5, 5.41) is 0. The minimum Gasteiger partial charge on any atom is -0.133 e. The number of hydrogen-bond donors (Lipinski definition) is 0. The molecular weight excluding hydrogens is 434 g/mol. The molecule has 0 aromatic heterocycles. The van der Waals surface area contributed by atoms with Crippen molar-refractivity contribution in [2.75, 3.05) is 0 Å². The van der Waals surface area contributed by atoms with E-state index < -0.39 is 0 Å². The molecule has 0 heterocycles. The van der Waals surface area contributed by atoms with Crippen molar-refractivity contribution < 1.29 is 0 Å². The van der Waals surface area contributed by atoms with Gasteiger partial charge in [0.15, 0.2) is 0 Å². The molecule has 2 aliphatic carbocycles. The van der Waals surface area contributed by atoms with Crippen LogP contribution in [0.4, 0.5) is 0 Å². The lowest BCUT2D eigenvalue weighted by molar-refractivity contribution is 0.696. The van der Waals surface area contributed by atoms with Crippen LogP contribution in [-0.4, -0.2) is 11.3 Å². The van der Waals surface area contributed by atoms with Gasteiger partial charge in [0.05, 0.1) is 0 Å². The molecule has 6 rings (SSSR count). The molecule has 1 fully saturated rings. The van der Waals surface area contributed by atoms with Crippen molar-refractivity contribution in [3.8, 4) is 22.3 Å². The van der Waals surface area contributed by atoms with Crippen molar-refractivity contribution in [2.45, 2.75) is 17.7 Å². The molecule has 0 N–H and O–H groups in total. The van der Waals surface area contributed by atoms with Crippen molar-refractivity contribution in [1.29, 1.82) is 0 Å². The second kappa shape index (κ2) is 12.1. The summed E-state index contributed by atoms with van der Waals surface area (Å²) in [6, 6.07) is 41.6. The zero-order valence-corrected chi connectivity index (χ0v) is 21.2. The van der Waals surface area contributed by atoms with Crippen LogP contribution < -0.4 is 0 Å². The molecule has 6 atom stereocenters. The average Bonchev–Trinajstić information content (AvgIpc) is 3.50. The molecule has 2 bridgehead atoms. The van der Waals surface area contributed by atoms with Gasteiger partial charge in [0, 0.05) is 0 Å². The van der Waals surface area contributed by atoms with E-state index in [1.54, 1.807) is 0 Å². The van der Waals surface area contributed by atoms with Crippen LogP contribution in [0.1, 0.15) is 6.42 Å². The molecule has 33 heavy (non-hydrogen) atoms. The fourth-order valence-corrected chi connectivity index (χ4v) is 5.56. The van der Waals surface area contributed by atoms with Gasteiger partial charge in [-0.1, -0.05) is 133 Å². The van der Waals surface area contributed by atoms with Gasteiger partial charge in [-0.3, -0.25) is 0 Å². The smallest absolute Gasteiger partial charge is 0.0133 e. The molecule has 4 aromatic rings. The summed E-state index contributed by atoms with van der Waals surface area (Å²) >= 11 is 0. The van der Waals surface area contributed by atoms with Gasteiger partial charge in [-0.25, -0.2) is 0 Å². The Bertz CT molecular complexity index is 943. The molecule has 2 heteroatoms. The zero-order valence-electron chi connectivity index (χ0n) is 18.9. The van der Waals surface area contributed by atoms with Crippen molar-refractivity contribution in [3.05, 3.63) is 133 Å². The Balaban J connectivity index is 0.000000119. The monoisotopic (exact) mass is 466 g/mol. The average molecular weight is 467 g/mol. The number of rotatable bonds is 2. The number of allylic oxidation sites excluding steroid dienone is 2. The van der Waals surface area contributed by atoms with Gasteiger partial charge in [-0.15, -0.1) is 18.5 Å². The summed E-state index contributed by atoms with van der Waals surface area (Å²) in [5.41, 5.74) is 6.78. The Labute approximate surface area is 203 Å². The zero-order chi connectivity index (χ0) is 22.9. The molecule has 0 radical (unpaired) electrons. The first-order chi connectivity index (χ1) is 16.2. The van der Waals surface area contributed by atoms with Crippen molar-refractivity contribution in [1.82, 2.24) is 0 Å². The summed E-state index contributed by atoms with van der Waals surface area (Å²) in [7, 11) is 5.91. The highest BCUT2D eigenvalue weighted by Crippen LogP contribution is 2.46. The normalized spacial score (nSPS) is 22.0. The van der Waals surface area contributed by atoms with Crippen LogP contribution in [0.3, 0.4) is 0 Å². The van der Waals surface area contributed by atoms with E-state index in [1.807, 2.05) is 24.3 Å². The van der Waals surface area contributed by atoms with E-state index in [0.717, 1.165) is 23.2 Å². The first-order valence-corrected chi connectivity index (χ1v) is 13.0. The molecule has 4 aromatic carbocycles. The van der Waals surface area contributed by atoms with E-state index >= 15 is 0 Å². The third-order valence-corrected chi connectivity index (χ3v) is 8.67. The maximum atomic E-state index is 2.95. The summed E-state index contributed by atoms with van der Waals surface area (Å²) in [5.74, 6) is 1.75. The number of benzene rings is 4.